The Bertz CT molecular complexity index is 611. The average Bonchev–Trinajstić information content (AvgIpc) is 2.54. The Kier molecular flexibility index (Phi) is 4.79. The maximum atomic E-state index is 11.4. The number of carbonyl (C=O) groups excluding carboxylic acids is 1. The number of nitrogens with one attached hydrogen (secondary N) is 1. The fourth-order valence-corrected chi connectivity index (χ4v) is 2.03. The summed E-state index contributed by atoms with van der Waals surface area (Å²) < 4.78 is 9.75. The predicted molar refractivity (Wildman–Crippen MR) is 81.5 cm³/mol. The number of methoxy groups -OCH3 is 2. The summed E-state index contributed by atoms with van der Waals surface area (Å²) in [5.74, 6) is 0.770. The maximum Gasteiger partial charge on any atom is 0.411 e. The second-order valence-corrected chi connectivity index (χ2v) is 4.45. The smallest absolute Gasteiger partial charge is 0.411 e. The van der Waals surface area contributed by atoms with Gasteiger partial charge < -0.3 is 15.2 Å². The topological polar surface area (TPSA) is 73.6 Å². The standard InChI is InChI=1S/C16H18N2O3/c1-20-12-9-7-11(8-10-12)15(17)13-5-3-4-6-14(13)18-16(19)21-2/h3-10,15H,17H2,1-2H3,(H,18,19). The molecule has 2 aromatic rings. The van der Waals surface area contributed by atoms with Gasteiger partial charge in [-0.1, -0.05) is 30.3 Å². The van der Waals surface area contributed by atoms with E-state index in [0.29, 0.717) is 5.69 Å². The van der Waals surface area contributed by atoms with Gasteiger partial charge in [-0.2, -0.15) is 0 Å². The van der Waals surface area contributed by atoms with Crippen molar-refractivity contribution in [1.29, 1.82) is 0 Å². The average molecular weight is 286 g/mol. The Balaban J connectivity index is 2.29. The van der Waals surface area contributed by atoms with Crippen molar-refractivity contribution in [2.24, 2.45) is 5.73 Å². The lowest BCUT2D eigenvalue weighted by atomic mass is 9.98. The molecular formula is C16H18N2O3. The van der Waals surface area contributed by atoms with Gasteiger partial charge >= 0.3 is 6.09 Å². The second-order valence-electron chi connectivity index (χ2n) is 4.45. The molecule has 0 spiro atoms. The van der Waals surface area contributed by atoms with Crippen LogP contribution in [-0.4, -0.2) is 20.3 Å². The summed E-state index contributed by atoms with van der Waals surface area (Å²) in [5, 5.41) is 2.67. The molecule has 0 fully saturated rings. The van der Waals surface area contributed by atoms with Gasteiger partial charge in [-0.25, -0.2) is 4.79 Å². The highest BCUT2D eigenvalue weighted by Crippen LogP contribution is 2.27. The van der Waals surface area contributed by atoms with Crippen molar-refractivity contribution in [3.05, 3.63) is 59.7 Å². The largest absolute Gasteiger partial charge is 0.497 e. The first-order valence-electron chi connectivity index (χ1n) is 6.49. The van der Waals surface area contributed by atoms with Crippen molar-refractivity contribution in [3.8, 4) is 5.75 Å². The summed E-state index contributed by atoms with van der Waals surface area (Å²) in [7, 11) is 2.94. The molecule has 21 heavy (non-hydrogen) atoms. The zero-order valence-electron chi connectivity index (χ0n) is 12.0. The van der Waals surface area contributed by atoms with E-state index < -0.39 is 6.09 Å². The first-order chi connectivity index (χ1) is 10.2. The van der Waals surface area contributed by atoms with Gasteiger partial charge in [-0.05, 0) is 29.3 Å². The Morgan fingerprint density at radius 2 is 1.76 bits per heavy atom. The SMILES string of the molecule is COC(=O)Nc1ccccc1C(N)c1ccc(OC)cc1. The van der Waals surface area contributed by atoms with Crippen molar-refractivity contribution in [1.82, 2.24) is 0 Å². The van der Waals surface area contributed by atoms with Crippen LogP contribution in [0.3, 0.4) is 0 Å². The predicted octanol–water partition coefficient (Wildman–Crippen LogP) is 2.92. The number of hydrogen-bond donors (Lipinski definition) is 2. The summed E-state index contributed by atoms with van der Waals surface area (Å²) in [5.41, 5.74) is 8.66. The number of benzene rings is 2. The molecule has 2 aromatic carbocycles. The number of carbonyl (C=O) groups is 1. The minimum Gasteiger partial charge on any atom is -0.497 e. The molecule has 0 aliphatic carbocycles. The molecule has 0 radical (unpaired) electrons. The number of anilines is 1. The molecule has 0 aliphatic heterocycles. The number of rotatable bonds is 4. The van der Waals surface area contributed by atoms with E-state index >= 15 is 0 Å². The fraction of sp³-hybridized carbons (Fsp3) is 0.188. The van der Waals surface area contributed by atoms with Crippen molar-refractivity contribution in [2.75, 3.05) is 19.5 Å². The third-order valence-electron chi connectivity index (χ3n) is 3.19. The Labute approximate surface area is 123 Å². The monoisotopic (exact) mass is 286 g/mol. The number of ether oxygens (including phenoxy) is 2. The van der Waals surface area contributed by atoms with Crippen LogP contribution >= 0.6 is 0 Å². The summed E-state index contributed by atoms with van der Waals surface area (Å²) in [6.07, 6.45) is -0.524. The molecule has 2 rings (SSSR count). The van der Waals surface area contributed by atoms with E-state index in [0.717, 1.165) is 16.9 Å². The fourth-order valence-electron chi connectivity index (χ4n) is 2.03. The minimum absolute atomic E-state index is 0.357. The highest BCUT2D eigenvalue weighted by atomic mass is 16.5. The zero-order valence-corrected chi connectivity index (χ0v) is 12.0. The Morgan fingerprint density at radius 3 is 2.38 bits per heavy atom. The minimum atomic E-state index is -0.524. The van der Waals surface area contributed by atoms with Crippen molar-refractivity contribution < 1.29 is 14.3 Å². The quantitative estimate of drug-likeness (QED) is 0.906. The number of hydrogen-bond acceptors (Lipinski definition) is 4. The molecular weight excluding hydrogens is 268 g/mol. The van der Waals surface area contributed by atoms with E-state index in [-0.39, 0.29) is 6.04 Å². The molecule has 0 aliphatic rings. The van der Waals surface area contributed by atoms with E-state index in [1.165, 1.54) is 7.11 Å². The number of amides is 1. The van der Waals surface area contributed by atoms with Gasteiger partial charge in [0.15, 0.2) is 0 Å². The van der Waals surface area contributed by atoms with Crippen LogP contribution < -0.4 is 15.8 Å². The van der Waals surface area contributed by atoms with Crippen LogP contribution in [0.1, 0.15) is 17.2 Å². The Hall–Kier alpha value is -2.53. The van der Waals surface area contributed by atoms with Gasteiger partial charge in [0.1, 0.15) is 5.75 Å². The normalized spacial score (nSPS) is 11.6. The van der Waals surface area contributed by atoms with Gasteiger partial charge in [0.2, 0.25) is 0 Å². The van der Waals surface area contributed by atoms with Crippen LogP contribution in [-0.2, 0) is 4.74 Å². The molecule has 1 amide bonds. The molecule has 1 atom stereocenters. The summed E-state index contributed by atoms with van der Waals surface area (Å²) in [6.45, 7) is 0. The van der Waals surface area contributed by atoms with E-state index in [4.69, 9.17) is 10.5 Å². The van der Waals surface area contributed by atoms with Crippen molar-refractivity contribution in [2.45, 2.75) is 6.04 Å². The molecule has 0 saturated carbocycles. The van der Waals surface area contributed by atoms with E-state index in [1.807, 2.05) is 42.5 Å². The molecule has 0 aromatic heterocycles. The number of para-hydroxylation sites is 1. The first-order valence-corrected chi connectivity index (χ1v) is 6.49. The number of nitrogens with two attached hydrogens (primary N) is 1. The zero-order chi connectivity index (χ0) is 15.2. The van der Waals surface area contributed by atoms with Gasteiger partial charge in [0.05, 0.1) is 20.3 Å². The van der Waals surface area contributed by atoms with E-state index in [9.17, 15) is 4.79 Å². The molecule has 5 nitrogen and oxygen atoms in total. The summed E-state index contributed by atoms with van der Waals surface area (Å²) in [4.78, 5) is 11.4. The Morgan fingerprint density at radius 1 is 1.10 bits per heavy atom. The highest BCUT2D eigenvalue weighted by molar-refractivity contribution is 5.85. The molecule has 5 heteroatoms. The third kappa shape index (κ3) is 3.52. The first kappa shape index (κ1) is 14.9. The van der Waals surface area contributed by atoms with E-state index in [1.54, 1.807) is 13.2 Å². The summed E-state index contributed by atoms with van der Waals surface area (Å²) >= 11 is 0. The second kappa shape index (κ2) is 6.76. The highest BCUT2D eigenvalue weighted by Gasteiger charge is 2.14. The van der Waals surface area contributed by atoms with E-state index in [2.05, 4.69) is 10.1 Å². The van der Waals surface area contributed by atoms with Gasteiger partial charge in [0, 0.05) is 5.69 Å². The van der Waals surface area contributed by atoms with Gasteiger partial charge in [-0.3, -0.25) is 5.32 Å². The lowest BCUT2D eigenvalue weighted by Crippen LogP contribution is -2.17. The van der Waals surface area contributed by atoms with Crippen LogP contribution in [0.2, 0.25) is 0 Å². The molecule has 0 bridgehead atoms. The van der Waals surface area contributed by atoms with Crippen LogP contribution in [0.5, 0.6) is 5.75 Å². The lowest BCUT2D eigenvalue weighted by molar-refractivity contribution is 0.187. The maximum absolute atomic E-state index is 11.4. The van der Waals surface area contributed by atoms with Gasteiger partial charge in [0.25, 0.3) is 0 Å². The lowest BCUT2D eigenvalue weighted by Gasteiger charge is -2.17. The van der Waals surface area contributed by atoms with Crippen LogP contribution in [0.4, 0.5) is 10.5 Å². The van der Waals surface area contributed by atoms with Crippen LogP contribution in [0.15, 0.2) is 48.5 Å². The van der Waals surface area contributed by atoms with Gasteiger partial charge in [-0.15, -0.1) is 0 Å². The third-order valence-corrected chi connectivity index (χ3v) is 3.19. The molecule has 0 heterocycles. The molecule has 3 N–H and O–H groups in total. The van der Waals surface area contributed by atoms with Crippen LogP contribution in [0.25, 0.3) is 0 Å². The van der Waals surface area contributed by atoms with Crippen molar-refractivity contribution >= 4 is 11.8 Å². The molecule has 0 saturated heterocycles. The van der Waals surface area contributed by atoms with Crippen LogP contribution in [0, 0.1) is 0 Å². The molecule has 110 valence electrons. The molecule has 1 unspecified atom stereocenters. The summed E-state index contributed by atoms with van der Waals surface area (Å²) in [6, 6.07) is 14.5. The van der Waals surface area contributed by atoms with Crippen molar-refractivity contribution in [3.63, 3.8) is 0 Å².